The summed E-state index contributed by atoms with van der Waals surface area (Å²) in [5.41, 5.74) is 0.726. The lowest BCUT2D eigenvalue weighted by Crippen LogP contribution is -2.62. The Kier molecular flexibility index (Phi) is 7.11. The number of benzene rings is 1. The fourth-order valence-corrected chi connectivity index (χ4v) is 4.95. The van der Waals surface area contributed by atoms with Gasteiger partial charge in [0, 0.05) is 5.54 Å². The molecule has 0 bridgehead atoms. The molecule has 1 N–H and O–H groups in total. The summed E-state index contributed by atoms with van der Waals surface area (Å²) < 4.78 is 55.0. The molecule has 3 rings (SSSR count). The van der Waals surface area contributed by atoms with Crippen molar-refractivity contribution >= 4 is 21.9 Å². The number of nitrogens with one attached hydrogen (secondary N) is 1. The van der Waals surface area contributed by atoms with Gasteiger partial charge in [-0.1, -0.05) is 28.1 Å². The number of carbonyl (C=O) groups excluding carboxylic acids is 1. The van der Waals surface area contributed by atoms with Gasteiger partial charge in [-0.05, 0) is 49.8 Å². The van der Waals surface area contributed by atoms with Crippen LogP contribution in [0, 0.1) is 5.92 Å². The molecule has 1 aliphatic carbocycles. The van der Waals surface area contributed by atoms with Crippen molar-refractivity contribution in [3.8, 4) is 5.75 Å². The van der Waals surface area contributed by atoms with Gasteiger partial charge in [0.05, 0.1) is 31.2 Å². The minimum atomic E-state index is -4.68. The minimum Gasteiger partial charge on any atom is -0.497 e. The highest BCUT2D eigenvalue weighted by molar-refractivity contribution is 9.09. The van der Waals surface area contributed by atoms with Crippen LogP contribution >= 0.6 is 15.9 Å². The number of ether oxygens (including phenoxy) is 3. The van der Waals surface area contributed by atoms with Crippen molar-refractivity contribution in [1.82, 2.24) is 5.32 Å². The van der Waals surface area contributed by atoms with Gasteiger partial charge < -0.3 is 14.2 Å². The second-order valence-corrected chi connectivity index (χ2v) is 8.81. The molecule has 1 aromatic rings. The molecule has 2 atom stereocenters. The smallest absolute Gasteiger partial charge is 0.427 e. The normalized spacial score (nSPS) is 27.9. The van der Waals surface area contributed by atoms with E-state index in [1.54, 1.807) is 24.3 Å². The van der Waals surface area contributed by atoms with Crippen molar-refractivity contribution in [2.75, 3.05) is 13.7 Å². The fraction of sp³-hybridized carbons (Fsp3) is 0.650. The highest BCUT2D eigenvalue weighted by Crippen LogP contribution is 2.42. The third-order valence-electron chi connectivity index (χ3n) is 5.63. The predicted molar refractivity (Wildman–Crippen MR) is 104 cm³/mol. The van der Waals surface area contributed by atoms with Crippen LogP contribution < -0.4 is 10.1 Å². The molecule has 0 amide bonds. The van der Waals surface area contributed by atoms with E-state index in [4.69, 9.17) is 14.2 Å². The first-order chi connectivity index (χ1) is 13.7. The van der Waals surface area contributed by atoms with Crippen LogP contribution in [0.15, 0.2) is 24.3 Å². The Balaban J connectivity index is 1.47. The number of halogens is 4. The van der Waals surface area contributed by atoms with Crippen LogP contribution in [0.1, 0.15) is 37.7 Å². The SMILES string of the molecule is COc1ccc(COCC(OC(=O)C2CCC3(CC2)C[C@@H](Br)N3)C(F)(F)F)cc1. The Morgan fingerprint density at radius 2 is 1.90 bits per heavy atom. The Morgan fingerprint density at radius 3 is 2.41 bits per heavy atom. The van der Waals surface area contributed by atoms with Crippen LogP contribution in [0.4, 0.5) is 13.2 Å². The van der Waals surface area contributed by atoms with Gasteiger partial charge in [0.25, 0.3) is 0 Å². The first-order valence-electron chi connectivity index (χ1n) is 9.60. The zero-order valence-corrected chi connectivity index (χ0v) is 17.7. The van der Waals surface area contributed by atoms with Crippen LogP contribution in [-0.4, -0.2) is 42.5 Å². The zero-order valence-electron chi connectivity index (χ0n) is 16.1. The molecule has 0 aromatic heterocycles. The van der Waals surface area contributed by atoms with E-state index in [9.17, 15) is 18.0 Å². The third-order valence-corrected chi connectivity index (χ3v) is 6.18. The molecule has 1 aromatic carbocycles. The van der Waals surface area contributed by atoms with Crippen LogP contribution in [0.2, 0.25) is 0 Å². The lowest BCUT2D eigenvalue weighted by molar-refractivity contribution is -0.235. The number of carbonyl (C=O) groups is 1. The second-order valence-electron chi connectivity index (χ2n) is 7.70. The van der Waals surface area contributed by atoms with Crippen LogP contribution in [0.25, 0.3) is 0 Å². The molecule has 2 aliphatic rings. The molecule has 1 heterocycles. The maximum Gasteiger partial charge on any atom is 0.427 e. The van der Waals surface area contributed by atoms with E-state index in [0.29, 0.717) is 24.2 Å². The van der Waals surface area contributed by atoms with Gasteiger partial charge in [-0.15, -0.1) is 0 Å². The van der Waals surface area contributed by atoms with Crippen molar-refractivity contribution in [1.29, 1.82) is 0 Å². The van der Waals surface area contributed by atoms with Gasteiger partial charge in [-0.25, -0.2) is 0 Å². The van der Waals surface area contributed by atoms with E-state index < -0.39 is 30.8 Å². The highest BCUT2D eigenvalue weighted by atomic mass is 79.9. The van der Waals surface area contributed by atoms with E-state index in [-0.39, 0.29) is 17.1 Å². The van der Waals surface area contributed by atoms with Crippen LogP contribution in [0.3, 0.4) is 0 Å². The monoisotopic (exact) mass is 479 g/mol. The van der Waals surface area contributed by atoms with E-state index >= 15 is 0 Å². The van der Waals surface area contributed by atoms with E-state index in [1.807, 2.05) is 0 Å². The van der Waals surface area contributed by atoms with Gasteiger partial charge in [0.15, 0.2) is 0 Å². The van der Waals surface area contributed by atoms with Gasteiger partial charge >= 0.3 is 12.1 Å². The number of hydrogen-bond donors (Lipinski definition) is 1. The van der Waals surface area contributed by atoms with Crippen molar-refractivity contribution in [2.24, 2.45) is 5.92 Å². The molecular weight excluding hydrogens is 455 g/mol. The summed E-state index contributed by atoms with van der Waals surface area (Å²) in [7, 11) is 1.53. The Hall–Kier alpha value is -1.32. The summed E-state index contributed by atoms with van der Waals surface area (Å²) in [5, 5.41) is 3.39. The Morgan fingerprint density at radius 1 is 1.28 bits per heavy atom. The Labute approximate surface area is 176 Å². The largest absolute Gasteiger partial charge is 0.497 e. The number of rotatable bonds is 7. The molecule has 1 spiro atoms. The average molecular weight is 480 g/mol. The lowest BCUT2D eigenvalue weighted by Gasteiger charge is -2.50. The number of alkyl halides is 4. The molecule has 1 saturated carbocycles. The molecule has 2 fully saturated rings. The molecule has 0 radical (unpaired) electrons. The van der Waals surface area contributed by atoms with Crippen LogP contribution in [-0.2, 0) is 20.9 Å². The van der Waals surface area contributed by atoms with Gasteiger partial charge in [0.2, 0.25) is 6.10 Å². The van der Waals surface area contributed by atoms with Crippen molar-refractivity contribution in [2.45, 2.75) is 61.5 Å². The minimum absolute atomic E-state index is 0.0144. The molecule has 9 heteroatoms. The molecule has 1 aliphatic heterocycles. The average Bonchev–Trinajstić information content (AvgIpc) is 2.66. The maximum atomic E-state index is 13.3. The summed E-state index contributed by atoms with van der Waals surface area (Å²) in [6.07, 6.45) is -3.38. The zero-order chi connectivity index (χ0) is 21.1. The Bertz CT molecular complexity index is 682. The van der Waals surface area contributed by atoms with Crippen molar-refractivity contribution in [3.63, 3.8) is 0 Å². The van der Waals surface area contributed by atoms with Gasteiger partial charge in [-0.3, -0.25) is 10.1 Å². The molecule has 1 saturated heterocycles. The summed E-state index contributed by atoms with van der Waals surface area (Å²) in [4.78, 5) is 12.6. The number of methoxy groups -OCH3 is 1. The lowest BCUT2D eigenvalue weighted by atomic mass is 9.71. The van der Waals surface area contributed by atoms with E-state index in [2.05, 4.69) is 21.2 Å². The maximum absolute atomic E-state index is 13.3. The summed E-state index contributed by atoms with van der Waals surface area (Å²) in [6.45, 7) is -0.746. The standard InChI is InChI=1S/C20H25BrF3NO4/c1-27-15-4-2-13(3-5-15)11-28-12-16(20(22,23)24)29-18(26)14-6-8-19(9-7-14)10-17(21)25-19/h2-5,14,16-17,25H,6-12H2,1H3/t14?,16?,17-,19?/m0/s1. The van der Waals surface area contributed by atoms with Crippen LogP contribution in [0.5, 0.6) is 5.75 Å². The van der Waals surface area contributed by atoms with Crippen molar-refractivity contribution in [3.05, 3.63) is 29.8 Å². The van der Waals surface area contributed by atoms with E-state index in [0.717, 1.165) is 19.3 Å². The highest BCUT2D eigenvalue weighted by Gasteiger charge is 2.48. The second kappa shape index (κ2) is 9.22. The first-order valence-corrected chi connectivity index (χ1v) is 10.5. The van der Waals surface area contributed by atoms with E-state index in [1.165, 1.54) is 7.11 Å². The summed E-state index contributed by atoms with van der Waals surface area (Å²) in [5.74, 6) is -0.637. The summed E-state index contributed by atoms with van der Waals surface area (Å²) >= 11 is 3.47. The number of hydrogen-bond acceptors (Lipinski definition) is 5. The van der Waals surface area contributed by atoms with Crippen molar-refractivity contribution < 1.29 is 32.2 Å². The van der Waals surface area contributed by atoms with Gasteiger partial charge in [-0.2, -0.15) is 13.2 Å². The molecule has 162 valence electrons. The molecule has 29 heavy (non-hydrogen) atoms. The molecule has 1 unspecified atom stereocenters. The predicted octanol–water partition coefficient (Wildman–Crippen LogP) is 4.33. The summed E-state index contributed by atoms with van der Waals surface area (Å²) in [6, 6.07) is 6.81. The molecule has 5 nitrogen and oxygen atoms in total. The topological polar surface area (TPSA) is 56.8 Å². The molecular formula is C20H25BrF3NO4. The third kappa shape index (κ3) is 5.86. The fourth-order valence-electron chi connectivity index (χ4n) is 3.85. The van der Waals surface area contributed by atoms with Gasteiger partial charge in [0.1, 0.15) is 5.75 Å². The first kappa shape index (κ1) is 22.4. The quantitative estimate of drug-likeness (QED) is 0.358. The number of esters is 1.